The van der Waals surface area contributed by atoms with E-state index in [9.17, 15) is 9.90 Å². The van der Waals surface area contributed by atoms with E-state index in [0.29, 0.717) is 5.82 Å². The number of fused-ring (bicyclic) bond motifs is 1. The molecule has 0 bridgehead atoms. The van der Waals surface area contributed by atoms with Crippen molar-refractivity contribution in [2.75, 3.05) is 44.6 Å². The Morgan fingerprint density at radius 1 is 1.06 bits per heavy atom. The van der Waals surface area contributed by atoms with Crippen molar-refractivity contribution in [2.24, 2.45) is 0 Å². The van der Waals surface area contributed by atoms with Gasteiger partial charge in [0, 0.05) is 36.6 Å². The number of benzene rings is 2. The number of aliphatic hydroxyl groups is 1. The lowest BCUT2D eigenvalue weighted by atomic mass is 10.1. The van der Waals surface area contributed by atoms with Gasteiger partial charge in [0.05, 0.1) is 22.9 Å². The number of anilines is 1. The highest BCUT2D eigenvalue weighted by atomic mass is 32.1. The summed E-state index contributed by atoms with van der Waals surface area (Å²) in [6.45, 7) is 6.55. The Morgan fingerprint density at radius 2 is 1.80 bits per heavy atom. The molecule has 1 amide bonds. The Balaban J connectivity index is 1.35. The maximum absolute atomic E-state index is 12.9. The smallest absolute Gasteiger partial charge is 0.253 e. The second-order valence-corrected chi connectivity index (χ2v) is 9.69. The molecule has 3 heterocycles. The Bertz CT molecular complexity index is 1280. The molecule has 7 nitrogen and oxygen atoms in total. The summed E-state index contributed by atoms with van der Waals surface area (Å²) in [4.78, 5) is 27.2. The first-order valence-corrected chi connectivity index (χ1v) is 12.8. The lowest BCUT2D eigenvalue weighted by molar-refractivity contribution is 0.0643. The summed E-state index contributed by atoms with van der Waals surface area (Å²) in [6.07, 6.45) is 1.54. The lowest BCUT2D eigenvalue weighted by Gasteiger charge is -2.34. The molecule has 5 rings (SSSR count). The number of piperazine rings is 1. The van der Waals surface area contributed by atoms with Gasteiger partial charge in [-0.05, 0) is 35.9 Å². The molecule has 1 atom stereocenters. The highest BCUT2D eigenvalue weighted by Gasteiger charge is 2.21. The van der Waals surface area contributed by atoms with Crippen molar-refractivity contribution in [1.29, 1.82) is 0 Å². The topological polar surface area (TPSA) is 81.6 Å². The van der Waals surface area contributed by atoms with E-state index in [1.807, 2.05) is 65.6 Å². The first-order chi connectivity index (χ1) is 17.2. The van der Waals surface area contributed by atoms with Gasteiger partial charge in [0.15, 0.2) is 0 Å². The second kappa shape index (κ2) is 10.5. The number of carbonyl (C=O) groups is 1. The number of hydrogen-bond donors (Lipinski definition) is 2. The van der Waals surface area contributed by atoms with Crippen molar-refractivity contribution in [3.63, 3.8) is 0 Å². The highest BCUT2D eigenvalue weighted by Crippen LogP contribution is 2.36. The Hall–Kier alpha value is -3.33. The van der Waals surface area contributed by atoms with Gasteiger partial charge in [0.2, 0.25) is 0 Å². The molecular formula is C27H29N5O2S. The zero-order valence-corrected chi connectivity index (χ0v) is 20.5. The van der Waals surface area contributed by atoms with Crippen molar-refractivity contribution in [3.05, 3.63) is 78.1 Å². The molecule has 0 unspecified atom stereocenters. The summed E-state index contributed by atoms with van der Waals surface area (Å²) in [6, 6.07) is 19.5. The Labute approximate surface area is 209 Å². The van der Waals surface area contributed by atoms with E-state index < -0.39 is 0 Å². The van der Waals surface area contributed by atoms with Crippen molar-refractivity contribution < 1.29 is 9.90 Å². The van der Waals surface area contributed by atoms with Crippen LogP contribution in [-0.2, 0) is 0 Å². The van der Waals surface area contributed by atoms with Gasteiger partial charge in [-0.15, -0.1) is 11.3 Å². The van der Waals surface area contributed by atoms with E-state index >= 15 is 0 Å². The van der Waals surface area contributed by atoms with Gasteiger partial charge in [0.25, 0.3) is 5.91 Å². The van der Waals surface area contributed by atoms with Gasteiger partial charge in [-0.1, -0.05) is 49.4 Å². The van der Waals surface area contributed by atoms with Crippen molar-refractivity contribution in [2.45, 2.75) is 13.0 Å². The molecule has 2 aromatic heterocycles. The third kappa shape index (κ3) is 5.05. The Kier molecular flexibility index (Phi) is 7.03. The molecule has 1 saturated heterocycles. The molecule has 1 aliphatic heterocycles. The highest BCUT2D eigenvalue weighted by molar-refractivity contribution is 7.22. The fourth-order valence-electron chi connectivity index (χ4n) is 4.41. The van der Waals surface area contributed by atoms with E-state index in [1.165, 1.54) is 0 Å². The molecule has 2 aromatic carbocycles. The predicted octanol–water partition coefficient (Wildman–Crippen LogP) is 4.28. The van der Waals surface area contributed by atoms with E-state index in [2.05, 4.69) is 27.1 Å². The van der Waals surface area contributed by atoms with Crippen LogP contribution in [0.15, 0.2) is 67.0 Å². The van der Waals surface area contributed by atoms with Crippen LogP contribution in [0, 0.1) is 0 Å². The molecular weight excluding hydrogens is 458 g/mol. The SMILES string of the molecule is CCN1CCN(C(=O)c2ccc(-c3cc4ncnc(N[C@H](CO)c5ccccc5)c4s3)cc2)CC1. The molecule has 0 aliphatic carbocycles. The van der Waals surface area contributed by atoms with Gasteiger partial charge in [-0.2, -0.15) is 0 Å². The van der Waals surface area contributed by atoms with Crippen molar-refractivity contribution in [1.82, 2.24) is 19.8 Å². The molecule has 35 heavy (non-hydrogen) atoms. The van der Waals surface area contributed by atoms with Crippen LogP contribution in [0.5, 0.6) is 0 Å². The summed E-state index contributed by atoms with van der Waals surface area (Å²) >= 11 is 1.60. The number of nitrogens with one attached hydrogen (secondary N) is 1. The molecule has 2 N–H and O–H groups in total. The number of likely N-dealkylation sites (N-methyl/N-ethyl adjacent to an activating group) is 1. The lowest BCUT2D eigenvalue weighted by Crippen LogP contribution is -2.48. The third-order valence-electron chi connectivity index (χ3n) is 6.53. The number of hydrogen-bond acceptors (Lipinski definition) is 7. The minimum absolute atomic E-state index is 0.0449. The molecule has 180 valence electrons. The molecule has 8 heteroatoms. The van der Waals surface area contributed by atoms with Crippen LogP contribution < -0.4 is 5.32 Å². The minimum Gasteiger partial charge on any atom is -0.394 e. The first kappa shape index (κ1) is 23.4. The fraction of sp³-hybridized carbons (Fsp3) is 0.296. The van der Waals surface area contributed by atoms with Crippen LogP contribution in [-0.4, -0.2) is 70.1 Å². The van der Waals surface area contributed by atoms with Crippen LogP contribution in [0.25, 0.3) is 20.7 Å². The number of aliphatic hydroxyl groups excluding tert-OH is 1. The van der Waals surface area contributed by atoms with Crippen LogP contribution in [0.2, 0.25) is 0 Å². The number of carbonyl (C=O) groups excluding carboxylic acids is 1. The van der Waals surface area contributed by atoms with Crippen molar-refractivity contribution in [3.8, 4) is 10.4 Å². The van der Waals surface area contributed by atoms with Gasteiger partial charge >= 0.3 is 0 Å². The van der Waals surface area contributed by atoms with E-state index in [1.54, 1.807) is 17.7 Å². The number of nitrogens with zero attached hydrogens (tertiary/aromatic N) is 4. The standard InChI is InChI=1S/C27H29N5O2S/c1-2-31-12-14-32(15-13-31)27(34)21-10-8-20(9-11-21)24-16-22-25(35-24)26(29-18-28-22)30-23(17-33)19-6-4-3-5-7-19/h3-11,16,18,23,33H,2,12-15,17H2,1H3,(H,28,29,30)/t23-/m1/s1. The zero-order chi connectivity index (χ0) is 24.2. The quantitative estimate of drug-likeness (QED) is 0.405. The van der Waals surface area contributed by atoms with E-state index in [-0.39, 0.29) is 18.6 Å². The van der Waals surface area contributed by atoms with Crippen LogP contribution in [0.1, 0.15) is 28.9 Å². The maximum atomic E-state index is 12.9. The summed E-state index contributed by atoms with van der Waals surface area (Å²) < 4.78 is 0.936. The largest absolute Gasteiger partial charge is 0.394 e. The zero-order valence-electron chi connectivity index (χ0n) is 19.7. The molecule has 0 radical (unpaired) electrons. The normalized spacial score (nSPS) is 15.3. The molecule has 0 spiro atoms. The Morgan fingerprint density at radius 3 is 2.49 bits per heavy atom. The summed E-state index contributed by atoms with van der Waals surface area (Å²) in [5, 5.41) is 13.3. The van der Waals surface area contributed by atoms with E-state index in [4.69, 9.17) is 0 Å². The molecule has 4 aromatic rings. The van der Waals surface area contributed by atoms with Gasteiger partial charge in [-0.3, -0.25) is 4.79 Å². The number of thiophene rings is 1. The summed E-state index contributed by atoms with van der Waals surface area (Å²) in [7, 11) is 0. The maximum Gasteiger partial charge on any atom is 0.253 e. The number of amides is 1. The van der Waals surface area contributed by atoms with Gasteiger partial charge in [-0.25, -0.2) is 9.97 Å². The number of aromatic nitrogens is 2. The minimum atomic E-state index is -0.260. The molecule has 1 aliphatic rings. The molecule has 0 saturated carbocycles. The summed E-state index contributed by atoms with van der Waals surface area (Å²) in [5.74, 6) is 0.795. The van der Waals surface area contributed by atoms with E-state index in [0.717, 1.165) is 64.5 Å². The second-order valence-electron chi connectivity index (χ2n) is 8.64. The average molecular weight is 488 g/mol. The molecule has 1 fully saturated rings. The average Bonchev–Trinajstić information content (AvgIpc) is 3.37. The first-order valence-electron chi connectivity index (χ1n) is 11.9. The van der Waals surface area contributed by atoms with Crippen LogP contribution >= 0.6 is 11.3 Å². The monoisotopic (exact) mass is 487 g/mol. The van der Waals surface area contributed by atoms with Crippen molar-refractivity contribution >= 4 is 33.3 Å². The predicted molar refractivity (Wildman–Crippen MR) is 141 cm³/mol. The van der Waals surface area contributed by atoms with Crippen LogP contribution in [0.3, 0.4) is 0 Å². The fourth-order valence-corrected chi connectivity index (χ4v) is 5.48. The van der Waals surface area contributed by atoms with Gasteiger partial charge < -0.3 is 20.2 Å². The van der Waals surface area contributed by atoms with Gasteiger partial charge in [0.1, 0.15) is 12.1 Å². The van der Waals surface area contributed by atoms with Crippen LogP contribution in [0.4, 0.5) is 5.82 Å². The third-order valence-corrected chi connectivity index (χ3v) is 7.71. The number of rotatable bonds is 7. The summed E-state index contributed by atoms with van der Waals surface area (Å²) in [5.41, 5.74) is 3.60.